The zero-order valence-electron chi connectivity index (χ0n) is 17.0. The van der Waals surface area contributed by atoms with E-state index in [1.54, 1.807) is 9.36 Å². The molecule has 0 aliphatic rings. The van der Waals surface area contributed by atoms with E-state index in [1.807, 2.05) is 55.1 Å². The number of nitrogens with one attached hydrogen (secondary N) is 2. The van der Waals surface area contributed by atoms with Gasteiger partial charge in [0.25, 0.3) is 0 Å². The highest BCUT2D eigenvalue weighted by Gasteiger charge is 2.18. The topological polar surface area (TPSA) is 93.0 Å². The van der Waals surface area contributed by atoms with Crippen molar-refractivity contribution in [2.75, 3.05) is 0 Å². The largest absolute Gasteiger partial charge is 0.360 e. The Labute approximate surface area is 173 Å². The number of hydrogen-bond donors (Lipinski definition) is 2. The average molecular weight is 398 g/mol. The van der Waals surface area contributed by atoms with E-state index >= 15 is 0 Å². The molecule has 0 aliphatic heterocycles. The molecule has 0 fully saturated rings. The van der Waals surface area contributed by atoms with Crippen LogP contribution in [-0.4, -0.2) is 40.0 Å². The van der Waals surface area contributed by atoms with E-state index < -0.39 is 0 Å². The number of aromatic nitrogens is 8. The molecule has 8 nitrogen and oxygen atoms in total. The summed E-state index contributed by atoms with van der Waals surface area (Å²) in [7, 11) is 0. The van der Waals surface area contributed by atoms with Crippen molar-refractivity contribution in [1.29, 1.82) is 0 Å². The average Bonchev–Trinajstić information content (AvgIpc) is 3.53. The van der Waals surface area contributed by atoms with Gasteiger partial charge < -0.3 is 9.97 Å². The molecule has 2 N–H and O–H groups in total. The molecule has 0 saturated heterocycles. The molecule has 0 aliphatic carbocycles. The molecule has 8 heteroatoms. The molecule has 0 saturated carbocycles. The van der Waals surface area contributed by atoms with Gasteiger partial charge in [-0.2, -0.15) is 0 Å². The minimum atomic E-state index is -0.0451. The Hall–Kier alpha value is -3.94. The van der Waals surface area contributed by atoms with E-state index in [1.165, 1.54) is 5.56 Å². The maximum absolute atomic E-state index is 4.34. The molecule has 4 heterocycles. The van der Waals surface area contributed by atoms with Crippen molar-refractivity contribution in [1.82, 2.24) is 40.0 Å². The van der Waals surface area contributed by atoms with E-state index in [4.69, 9.17) is 0 Å². The minimum absolute atomic E-state index is 0.0451. The van der Waals surface area contributed by atoms with Gasteiger partial charge in [0, 0.05) is 12.4 Å². The first kappa shape index (κ1) is 18.1. The summed E-state index contributed by atoms with van der Waals surface area (Å²) < 4.78 is 3.58. The van der Waals surface area contributed by atoms with Crippen molar-refractivity contribution < 1.29 is 0 Å². The van der Waals surface area contributed by atoms with Crippen LogP contribution < -0.4 is 0 Å². The number of H-pyrrole nitrogens is 2. The van der Waals surface area contributed by atoms with Gasteiger partial charge in [0.1, 0.15) is 11.4 Å². The summed E-state index contributed by atoms with van der Waals surface area (Å²) in [6.45, 7) is 6.56. The lowest BCUT2D eigenvalue weighted by Gasteiger charge is -2.21. The Morgan fingerprint density at radius 2 is 1.23 bits per heavy atom. The summed E-state index contributed by atoms with van der Waals surface area (Å²) in [4.78, 5) is 6.33. The lowest BCUT2D eigenvalue weighted by molar-refractivity contribution is 0.588. The van der Waals surface area contributed by atoms with Crippen molar-refractivity contribution in [2.45, 2.75) is 26.2 Å². The van der Waals surface area contributed by atoms with Gasteiger partial charge in [-0.25, -0.2) is 9.36 Å². The smallest absolute Gasteiger partial charge is 0.129 e. The number of aromatic amines is 2. The van der Waals surface area contributed by atoms with Crippen LogP contribution in [0.2, 0.25) is 0 Å². The van der Waals surface area contributed by atoms with Crippen LogP contribution in [0.5, 0.6) is 0 Å². The number of nitrogens with zero attached hydrogens (tertiary/aromatic N) is 6. The van der Waals surface area contributed by atoms with E-state index in [2.05, 4.69) is 63.5 Å². The first-order valence-corrected chi connectivity index (χ1v) is 9.76. The normalized spacial score (nSPS) is 11.8. The number of hydrogen-bond acceptors (Lipinski definition) is 4. The zero-order chi connectivity index (χ0) is 20.7. The van der Waals surface area contributed by atoms with Gasteiger partial charge in [-0.3, -0.25) is 0 Å². The molecular formula is C22H22N8. The van der Waals surface area contributed by atoms with Gasteiger partial charge in [-0.1, -0.05) is 31.2 Å². The zero-order valence-corrected chi connectivity index (χ0v) is 17.0. The Kier molecular flexibility index (Phi) is 4.13. The second-order valence-electron chi connectivity index (χ2n) is 8.25. The Morgan fingerprint density at radius 3 is 1.63 bits per heavy atom. The second-order valence-corrected chi connectivity index (χ2v) is 8.25. The summed E-state index contributed by atoms with van der Waals surface area (Å²) in [6.07, 6.45) is 7.59. The van der Waals surface area contributed by atoms with Gasteiger partial charge in [0.2, 0.25) is 0 Å². The molecule has 0 unspecified atom stereocenters. The predicted molar refractivity (Wildman–Crippen MR) is 115 cm³/mol. The fourth-order valence-electron chi connectivity index (χ4n) is 3.30. The first-order valence-electron chi connectivity index (χ1n) is 9.76. The first-order chi connectivity index (χ1) is 14.5. The van der Waals surface area contributed by atoms with Crippen molar-refractivity contribution in [2.24, 2.45) is 0 Å². The van der Waals surface area contributed by atoms with Crippen LogP contribution in [0.25, 0.3) is 34.2 Å². The maximum Gasteiger partial charge on any atom is 0.129 e. The predicted octanol–water partition coefficient (Wildman–Crippen LogP) is 4.14. The van der Waals surface area contributed by atoms with Crippen molar-refractivity contribution in [3.8, 4) is 34.2 Å². The molecule has 0 bridgehead atoms. The van der Waals surface area contributed by atoms with Crippen LogP contribution in [0.4, 0.5) is 0 Å². The number of rotatable bonds is 4. The third-order valence-electron chi connectivity index (χ3n) is 5.03. The van der Waals surface area contributed by atoms with E-state index in [9.17, 15) is 0 Å². The highest BCUT2D eigenvalue weighted by molar-refractivity contribution is 5.56. The van der Waals surface area contributed by atoms with Gasteiger partial charge in [0.15, 0.2) is 0 Å². The molecule has 5 rings (SSSR count). The minimum Gasteiger partial charge on any atom is -0.360 e. The lowest BCUT2D eigenvalue weighted by atomic mass is 9.86. The van der Waals surface area contributed by atoms with Crippen LogP contribution in [0.1, 0.15) is 26.3 Å². The summed E-state index contributed by atoms with van der Waals surface area (Å²) in [5.74, 6) is 0. The van der Waals surface area contributed by atoms with Crippen molar-refractivity contribution in [3.63, 3.8) is 0 Å². The van der Waals surface area contributed by atoms with Crippen LogP contribution in [0, 0.1) is 0 Å². The van der Waals surface area contributed by atoms with Gasteiger partial charge in [-0.15, -0.1) is 10.2 Å². The summed E-state index contributed by atoms with van der Waals surface area (Å²) >= 11 is 0. The van der Waals surface area contributed by atoms with Crippen LogP contribution in [-0.2, 0) is 5.41 Å². The van der Waals surface area contributed by atoms with E-state index in [0.29, 0.717) is 0 Å². The van der Waals surface area contributed by atoms with Crippen LogP contribution in [0.15, 0.2) is 67.3 Å². The van der Waals surface area contributed by atoms with Gasteiger partial charge in [0.05, 0.1) is 35.2 Å². The molecule has 4 aromatic heterocycles. The Balaban J connectivity index is 1.59. The summed E-state index contributed by atoms with van der Waals surface area (Å²) in [6, 6.07) is 14.2. The maximum atomic E-state index is 4.34. The summed E-state index contributed by atoms with van der Waals surface area (Å²) in [5, 5.41) is 17.3. The van der Waals surface area contributed by atoms with Gasteiger partial charge >= 0.3 is 0 Å². The molecular weight excluding hydrogens is 376 g/mol. The summed E-state index contributed by atoms with van der Waals surface area (Å²) in [5.41, 5.74) is 6.40. The van der Waals surface area contributed by atoms with E-state index in [0.717, 1.165) is 34.2 Å². The van der Waals surface area contributed by atoms with Crippen LogP contribution >= 0.6 is 0 Å². The molecule has 5 aromatic rings. The SMILES string of the molecule is CC(C)(C)c1cc(-n2cc(-c3ccc[nH]3)nn2)cc(-n2cc(-c3ccc[nH]3)nn2)c1. The Morgan fingerprint density at radius 1 is 0.733 bits per heavy atom. The molecule has 0 atom stereocenters. The van der Waals surface area contributed by atoms with Crippen molar-refractivity contribution in [3.05, 3.63) is 72.8 Å². The van der Waals surface area contributed by atoms with Gasteiger partial charge in [-0.05, 0) is 53.4 Å². The monoisotopic (exact) mass is 398 g/mol. The van der Waals surface area contributed by atoms with E-state index in [-0.39, 0.29) is 5.41 Å². The molecule has 1 aromatic carbocycles. The molecule has 0 radical (unpaired) electrons. The highest BCUT2D eigenvalue weighted by atomic mass is 15.4. The molecule has 30 heavy (non-hydrogen) atoms. The molecule has 0 spiro atoms. The lowest BCUT2D eigenvalue weighted by Crippen LogP contribution is -2.13. The highest BCUT2D eigenvalue weighted by Crippen LogP contribution is 2.28. The molecule has 0 amide bonds. The fourth-order valence-corrected chi connectivity index (χ4v) is 3.30. The second kappa shape index (κ2) is 6.84. The van der Waals surface area contributed by atoms with Crippen LogP contribution in [0.3, 0.4) is 0 Å². The third-order valence-corrected chi connectivity index (χ3v) is 5.03. The third kappa shape index (κ3) is 3.32. The number of benzene rings is 1. The quantitative estimate of drug-likeness (QED) is 0.476. The fraction of sp³-hybridized carbons (Fsp3) is 0.182. The molecule has 150 valence electrons. The standard InChI is InChI=1S/C22H22N8/c1-22(2,3)15-10-16(29-13-20(25-27-29)18-6-4-8-23-18)12-17(11-15)30-14-21(26-28-30)19-7-5-9-24-19/h4-14,23-24H,1-3H3. The Bertz CT molecular complexity index is 1180. The van der Waals surface area contributed by atoms with Crippen molar-refractivity contribution >= 4 is 0 Å².